The van der Waals surface area contributed by atoms with Gasteiger partial charge in [0.2, 0.25) is 0 Å². The summed E-state index contributed by atoms with van der Waals surface area (Å²) in [4.78, 5) is 15.1. The van der Waals surface area contributed by atoms with Gasteiger partial charge in [0, 0.05) is 29.0 Å². The van der Waals surface area contributed by atoms with Crippen LogP contribution in [0.5, 0.6) is 0 Å². The van der Waals surface area contributed by atoms with Gasteiger partial charge in [-0.05, 0) is 17.7 Å². The number of pyridine rings is 1. The van der Waals surface area contributed by atoms with Crippen LogP contribution in [0.3, 0.4) is 0 Å². The SMILES string of the molecule is O=c1[nH]ccc2c3ccccc3n(Cc3ccccc3)c12. The van der Waals surface area contributed by atoms with Gasteiger partial charge in [0.25, 0.3) is 5.56 Å². The highest BCUT2D eigenvalue weighted by Gasteiger charge is 2.12. The van der Waals surface area contributed by atoms with E-state index in [1.54, 1.807) is 6.20 Å². The average molecular weight is 274 g/mol. The number of aromatic nitrogens is 2. The number of fused-ring (bicyclic) bond motifs is 3. The molecule has 0 aliphatic rings. The van der Waals surface area contributed by atoms with Crippen molar-refractivity contribution in [3.8, 4) is 0 Å². The number of benzene rings is 2. The number of nitrogens with one attached hydrogen (secondary N) is 1. The van der Waals surface area contributed by atoms with Crippen molar-refractivity contribution in [2.45, 2.75) is 6.54 Å². The van der Waals surface area contributed by atoms with Crippen molar-refractivity contribution in [1.29, 1.82) is 0 Å². The third-order valence-corrected chi connectivity index (χ3v) is 3.87. The highest BCUT2D eigenvalue weighted by molar-refractivity contribution is 6.07. The first-order chi connectivity index (χ1) is 10.3. The molecule has 1 N–H and O–H groups in total. The second-order valence-corrected chi connectivity index (χ2v) is 5.16. The first-order valence-electron chi connectivity index (χ1n) is 6.97. The normalized spacial score (nSPS) is 11.2. The van der Waals surface area contributed by atoms with Crippen LogP contribution in [-0.2, 0) is 6.54 Å². The third kappa shape index (κ3) is 1.86. The van der Waals surface area contributed by atoms with Crippen molar-refractivity contribution < 1.29 is 0 Å². The summed E-state index contributed by atoms with van der Waals surface area (Å²) in [6.45, 7) is 0.692. The summed E-state index contributed by atoms with van der Waals surface area (Å²) in [7, 11) is 0. The summed E-state index contributed by atoms with van der Waals surface area (Å²) in [5.41, 5.74) is 2.97. The summed E-state index contributed by atoms with van der Waals surface area (Å²) in [6.07, 6.45) is 1.71. The molecule has 0 radical (unpaired) electrons. The Labute approximate surface area is 121 Å². The van der Waals surface area contributed by atoms with Gasteiger partial charge in [-0.1, -0.05) is 48.5 Å². The molecule has 0 aliphatic carbocycles. The Morgan fingerprint density at radius 1 is 0.857 bits per heavy atom. The molecule has 0 fully saturated rings. The van der Waals surface area contributed by atoms with Crippen LogP contribution in [0.2, 0.25) is 0 Å². The molecule has 2 aromatic carbocycles. The quantitative estimate of drug-likeness (QED) is 0.596. The van der Waals surface area contributed by atoms with Crippen LogP contribution in [0.4, 0.5) is 0 Å². The summed E-state index contributed by atoms with van der Waals surface area (Å²) in [5, 5.41) is 2.12. The number of hydrogen-bond donors (Lipinski definition) is 1. The maximum absolute atomic E-state index is 12.3. The molecule has 102 valence electrons. The van der Waals surface area contributed by atoms with E-state index < -0.39 is 0 Å². The lowest BCUT2D eigenvalue weighted by molar-refractivity contribution is 0.863. The number of hydrogen-bond acceptors (Lipinski definition) is 1. The first-order valence-corrected chi connectivity index (χ1v) is 6.97. The van der Waals surface area contributed by atoms with E-state index in [0.717, 1.165) is 21.8 Å². The van der Waals surface area contributed by atoms with Gasteiger partial charge < -0.3 is 9.55 Å². The van der Waals surface area contributed by atoms with Gasteiger partial charge in [-0.2, -0.15) is 0 Å². The molecule has 2 aromatic heterocycles. The Balaban J connectivity index is 2.07. The molecule has 0 aliphatic heterocycles. The lowest BCUT2D eigenvalue weighted by atomic mass is 10.2. The Kier molecular flexibility index (Phi) is 2.64. The monoisotopic (exact) mass is 274 g/mol. The summed E-state index contributed by atoms with van der Waals surface area (Å²) >= 11 is 0. The second kappa shape index (κ2) is 4.63. The first kappa shape index (κ1) is 12.0. The topological polar surface area (TPSA) is 37.8 Å². The van der Waals surface area contributed by atoms with Crippen molar-refractivity contribution >= 4 is 21.8 Å². The van der Waals surface area contributed by atoms with Crippen LogP contribution in [0.15, 0.2) is 71.7 Å². The van der Waals surface area contributed by atoms with Gasteiger partial charge in [0.1, 0.15) is 5.52 Å². The maximum atomic E-state index is 12.3. The maximum Gasteiger partial charge on any atom is 0.272 e. The molecular formula is C18H14N2O. The van der Waals surface area contributed by atoms with Crippen LogP contribution in [0.1, 0.15) is 5.56 Å². The van der Waals surface area contributed by atoms with E-state index >= 15 is 0 Å². The number of para-hydroxylation sites is 1. The third-order valence-electron chi connectivity index (χ3n) is 3.87. The molecule has 2 heterocycles. The molecule has 0 unspecified atom stereocenters. The number of nitrogens with zero attached hydrogens (tertiary/aromatic N) is 1. The van der Waals surface area contributed by atoms with E-state index in [1.165, 1.54) is 5.56 Å². The van der Waals surface area contributed by atoms with Gasteiger partial charge in [0.05, 0.1) is 0 Å². The molecule has 0 saturated heterocycles. The smallest absolute Gasteiger partial charge is 0.272 e. The van der Waals surface area contributed by atoms with Crippen LogP contribution >= 0.6 is 0 Å². The van der Waals surface area contributed by atoms with E-state index in [-0.39, 0.29) is 5.56 Å². The summed E-state index contributed by atoms with van der Waals surface area (Å²) in [6, 6.07) is 20.3. The molecule has 4 rings (SSSR count). The molecule has 0 spiro atoms. The van der Waals surface area contributed by atoms with Crippen LogP contribution in [0.25, 0.3) is 21.8 Å². The van der Waals surface area contributed by atoms with Crippen molar-refractivity contribution in [1.82, 2.24) is 9.55 Å². The Hall–Kier alpha value is -2.81. The zero-order valence-electron chi connectivity index (χ0n) is 11.4. The standard InChI is InChI=1S/C18H14N2O/c21-18-17-15(10-11-19-18)14-8-4-5-9-16(14)20(17)12-13-6-2-1-3-7-13/h1-11H,12H2,(H,19,21). The molecule has 0 amide bonds. The molecule has 3 heteroatoms. The Morgan fingerprint density at radius 2 is 1.62 bits per heavy atom. The van der Waals surface area contributed by atoms with Crippen LogP contribution in [0, 0.1) is 0 Å². The minimum Gasteiger partial charge on any atom is -0.331 e. The second-order valence-electron chi connectivity index (χ2n) is 5.16. The van der Waals surface area contributed by atoms with Gasteiger partial charge in [-0.25, -0.2) is 0 Å². The minimum atomic E-state index is -0.0420. The largest absolute Gasteiger partial charge is 0.331 e. The highest BCUT2D eigenvalue weighted by Crippen LogP contribution is 2.27. The van der Waals surface area contributed by atoms with E-state index in [9.17, 15) is 4.79 Å². The fourth-order valence-corrected chi connectivity index (χ4v) is 2.94. The van der Waals surface area contributed by atoms with E-state index in [2.05, 4.69) is 33.8 Å². The lowest BCUT2D eigenvalue weighted by Gasteiger charge is -2.06. The van der Waals surface area contributed by atoms with Gasteiger partial charge in [-0.3, -0.25) is 4.79 Å². The highest BCUT2D eigenvalue weighted by atomic mass is 16.1. The molecule has 0 atom stereocenters. The molecule has 3 nitrogen and oxygen atoms in total. The van der Waals surface area contributed by atoms with Gasteiger partial charge in [-0.15, -0.1) is 0 Å². The fraction of sp³-hybridized carbons (Fsp3) is 0.0556. The zero-order chi connectivity index (χ0) is 14.2. The molecule has 0 bridgehead atoms. The summed E-state index contributed by atoms with van der Waals surface area (Å²) < 4.78 is 2.10. The Morgan fingerprint density at radius 3 is 2.48 bits per heavy atom. The number of aromatic amines is 1. The lowest BCUT2D eigenvalue weighted by Crippen LogP contribution is -2.10. The minimum absolute atomic E-state index is 0.0420. The van der Waals surface area contributed by atoms with Crippen molar-refractivity contribution in [2.75, 3.05) is 0 Å². The van der Waals surface area contributed by atoms with E-state index in [4.69, 9.17) is 0 Å². The molecule has 4 aromatic rings. The molecule has 21 heavy (non-hydrogen) atoms. The van der Waals surface area contributed by atoms with Gasteiger partial charge >= 0.3 is 0 Å². The fourth-order valence-electron chi connectivity index (χ4n) is 2.94. The number of H-pyrrole nitrogens is 1. The van der Waals surface area contributed by atoms with Crippen molar-refractivity contribution in [3.05, 3.63) is 82.8 Å². The predicted molar refractivity (Wildman–Crippen MR) is 85.6 cm³/mol. The molecule has 0 saturated carbocycles. The molecular weight excluding hydrogens is 260 g/mol. The van der Waals surface area contributed by atoms with Crippen molar-refractivity contribution in [2.24, 2.45) is 0 Å². The van der Waals surface area contributed by atoms with Crippen LogP contribution in [-0.4, -0.2) is 9.55 Å². The van der Waals surface area contributed by atoms with Crippen molar-refractivity contribution in [3.63, 3.8) is 0 Å². The van der Waals surface area contributed by atoms with E-state index in [0.29, 0.717) is 6.54 Å². The van der Waals surface area contributed by atoms with Gasteiger partial charge in [0.15, 0.2) is 0 Å². The van der Waals surface area contributed by atoms with Crippen LogP contribution < -0.4 is 5.56 Å². The number of rotatable bonds is 2. The average Bonchev–Trinajstić information content (AvgIpc) is 2.84. The zero-order valence-corrected chi connectivity index (χ0v) is 11.4. The predicted octanol–water partition coefficient (Wildman–Crippen LogP) is 3.53. The summed E-state index contributed by atoms with van der Waals surface area (Å²) in [5.74, 6) is 0. The van der Waals surface area contributed by atoms with E-state index in [1.807, 2.05) is 36.4 Å². The Bertz CT molecular complexity index is 980.